The van der Waals surface area contributed by atoms with Crippen LogP contribution in [0.1, 0.15) is 33.1 Å². The molecule has 4 N–H and O–H groups in total. The Hall–Kier alpha value is -1.10. The Bertz CT molecular complexity index is 291. The number of carboxylic acid groups (broad SMARTS) is 1. The summed E-state index contributed by atoms with van der Waals surface area (Å²) < 4.78 is 0. The molecule has 5 heteroatoms. The quantitative estimate of drug-likeness (QED) is 0.657. The first kappa shape index (κ1) is 14.0. The van der Waals surface area contributed by atoms with Gasteiger partial charge in [0.05, 0.1) is 12.0 Å². The predicted molar refractivity (Wildman–Crippen MR) is 64.3 cm³/mol. The second-order valence-electron chi connectivity index (χ2n) is 5.15. The van der Waals surface area contributed by atoms with Gasteiger partial charge in [-0.3, -0.25) is 9.59 Å². The molecule has 0 aromatic heterocycles. The maximum atomic E-state index is 11.6. The van der Waals surface area contributed by atoms with E-state index in [1.807, 2.05) is 13.8 Å². The van der Waals surface area contributed by atoms with E-state index in [4.69, 9.17) is 10.8 Å². The Morgan fingerprint density at radius 2 is 2.06 bits per heavy atom. The molecule has 0 saturated heterocycles. The fraction of sp³-hybridized carbons (Fsp3) is 0.833. The molecule has 1 rings (SSSR count). The van der Waals surface area contributed by atoms with Crippen LogP contribution in [-0.4, -0.2) is 29.6 Å². The molecule has 1 aliphatic carbocycles. The number of aliphatic carboxylic acids is 1. The number of hydrogen-bond donors (Lipinski definition) is 3. The van der Waals surface area contributed by atoms with E-state index in [0.29, 0.717) is 13.0 Å². The van der Waals surface area contributed by atoms with Crippen molar-refractivity contribution in [2.45, 2.75) is 39.2 Å². The number of nitrogens with one attached hydrogen (secondary N) is 1. The van der Waals surface area contributed by atoms with Crippen molar-refractivity contribution in [1.82, 2.24) is 5.32 Å². The normalized spacial score (nSPS) is 25.9. The summed E-state index contributed by atoms with van der Waals surface area (Å²) in [7, 11) is 0. The molecule has 2 unspecified atom stereocenters. The highest BCUT2D eigenvalue weighted by Gasteiger charge is 2.33. The number of nitrogens with two attached hydrogens (primary N) is 1. The first-order valence-electron chi connectivity index (χ1n) is 6.19. The molecule has 3 atom stereocenters. The summed E-state index contributed by atoms with van der Waals surface area (Å²) in [5, 5.41) is 11.8. The molecular formula is C12H22N2O3. The van der Waals surface area contributed by atoms with Gasteiger partial charge in [0.1, 0.15) is 0 Å². The molecule has 17 heavy (non-hydrogen) atoms. The maximum absolute atomic E-state index is 11.6. The third kappa shape index (κ3) is 3.70. The number of amides is 1. The highest BCUT2D eigenvalue weighted by molar-refractivity contribution is 5.81. The van der Waals surface area contributed by atoms with Crippen molar-refractivity contribution in [2.75, 3.05) is 6.54 Å². The summed E-state index contributed by atoms with van der Waals surface area (Å²) in [5.74, 6) is -1.11. The summed E-state index contributed by atoms with van der Waals surface area (Å²) in [6.07, 6.45) is 2.51. The van der Waals surface area contributed by atoms with Crippen LogP contribution in [0, 0.1) is 17.8 Å². The highest BCUT2D eigenvalue weighted by atomic mass is 16.4. The van der Waals surface area contributed by atoms with Crippen LogP contribution in [0.5, 0.6) is 0 Å². The zero-order valence-corrected chi connectivity index (χ0v) is 10.5. The second-order valence-corrected chi connectivity index (χ2v) is 5.15. The van der Waals surface area contributed by atoms with Crippen molar-refractivity contribution in [3.63, 3.8) is 0 Å². The van der Waals surface area contributed by atoms with E-state index in [2.05, 4.69) is 5.32 Å². The van der Waals surface area contributed by atoms with Gasteiger partial charge in [0.25, 0.3) is 0 Å². The fourth-order valence-corrected chi connectivity index (χ4v) is 2.26. The minimum Gasteiger partial charge on any atom is -0.481 e. The summed E-state index contributed by atoms with van der Waals surface area (Å²) >= 11 is 0. The van der Waals surface area contributed by atoms with Gasteiger partial charge in [-0.25, -0.2) is 0 Å². The van der Waals surface area contributed by atoms with Crippen LogP contribution >= 0.6 is 0 Å². The third-order valence-corrected chi connectivity index (χ3v) is 3.54. The Morgan fingerprint density at radius 1 is 1.41 bits per heavy atom. The third-order valence-electron chi connectivity index (χ3n) is 3.54. The van der Waals surface area contributed by atoms with Crippen molar-refractivity contribution >= 4 is 11.9 Å². The van der Waals surface area contributed by atoms with Crippen molar-refractivity contribution in [1.29, 1.82) is 0 Å². The Balaban J connectivity index is 2.40. The molecule has 5 nitrogen and oxygen atoms in total. The predicted octanol–water partition coefficient (Wildman–Crippen LogP) is 0.587. The lowest BCUT2D eigenvalue weighted by Gasteiger charge is -2.19. The number of carbonyl (C=O) groups excluding carboxylic acids is 1. The molecule has 98 valence electrons. The van der Waals surface area contributed by atoms with E-state index in [1.54, 1.807) is 0 Å². The molecule has 0 aliphatic heterocycles. The molecule has 1 aliphatic rings. The summed E-state index contributed by atoms with van der Waals surface area (Å²) in [6.45, 7) is 4.20. The van der Waals surface area contributed by atoms with Crippen LogP contribution in [-0.2, 0) is 9.59 Å². The van der Waals surface area contributed by atoms with Gasteiger partial charge >= 0.3 is 5.97 Å². The van der Waals surface area contributed by atoms with Gasteiger partial charge in [-0.05, 0) is 24.7 Å². The van der Waals surface area contributed by atoms with Crippen LogP contribution in [0.4, 0.5) is 0 Å². The van der Waals surface area contributed by atoms with E-state index in [0.717, 1.165) is 12.8 Å². The molecule has 0 heterocycles. The molecular weight excluding hydrogens is 220 g/mol. The van der Waals surface area contributed by atoms with E-state index < -0.39 is 12.0 Å². The number of hydrogen-bond acceptors (Lipinski definition) is 3. The smallest absolute Gasteiger partial charge is 0.306 e. The highest BCUT2D eigenvalue weighted by Crippen LogP contribution is 2.31. The van der Waals surface area contributed by atoms with Crippen LogP contribution in [0.3, 0.4) is 0 Å². The van der Waals surface area contributed by atoms with Crippen molar-refractivity contribution in [2.24, 2.45) is 23.5 Å². The van der Waals surface area contributed by atoms with E-state index in [-0.39, 0.29) is 23.7 Å². The first-order chi connectivity index (χ1) is 7.93. The minimum atomic E-state index is -0.755. The fourth-order valence-electron chi connectivity index (χ4n) is 2.26. The van der Waals surface area contributed by atoms with E-state index in [1.165, 1.54) is 0 Å². The van der Waals surface area contributed by atoms with E-state index >= 15 is 0 Å². The van der Waals surface area contributed by atoms with Gasteiger partial charge in [-0.2, -0.15) is 0 Å². The topological polar surface area (TPSA) is 92.4 Å². The molecule has 1 fully saturated rings. The number of carboxylic acids is 1. The zero-order valence-electron chi connectivity index (χ0n) is 10.5. The average molecular weight is 242 g/mol. The van der Waals surface area contributed by atoms with Crippen LogP contribution in [0.15, 0.2) is 0 Å². The Morgan fingerprint density at radius 3 is 2.59 bits per heavy atom. The molecule has 0 aromatic carbocycles. The summed E-state index contributed by atoms with van der Waals surface area (Å²) in [4.78, 5) is 22.6. The number of rotatable bonds is 5. The van der Waals surface area contributed by atoms with Gasteiger partial charge in [-0.15, -0.1) is 0 Å². The lowest BCUT2D eigenvalue weighted by Crippen LogP contribution is -2.45. The Labute approximate surface area is 102 Å². The molecule has 0 bridgehead atoms. The van der Waals surface area contributed by atoms with E-state index in [9.17, 15) is 9.59 Å². The standard InChI is InChI=1S/C12H22N2O3/c1-7(2)10(13)11(15)14-6-8-4-3-5-9(8)12(16)17/h7-10H,3-6,13H2,1-2H3,(H,14,15)(H,16,17)/t8?,9?,10-/m1/s1. The largest absolute Gasteiger partial charge is 0.481 e. The SMILES string of the molecule is CC(C)[C@@H](N)C(=O)NCC1CCCC1C(=O)O. The molecule has 1 saturated carbocycles. The lowest BCUT2D eigenvalue weighted by molar-refractivity contribution is -0.143. The van der Waals surface area contributed by atoms with Crippen molar-refractivity contribution < 1.29 is 14.7 Å². The van der Waals surface area contributed by atoms with Gasteiger partial charge in [0.2, 0.25) is 5.91 Å². The van der Waals surface area contributed by atoms with Crippen LogP contribution in [0.2, 0.25) is 0 Å². The maximum Gasteiger partial charge on any atom is 0.306 e. The lowest BCUT2D eigenvalue weighted by atomic mass is 9.96. The van der Waals surface area contributed by atoms with Crippen molar-refractivity contribution in [3.8, 4) is 0 Å². The first-order valence-corrected chi connectivity index (χ1v) is 6.19. The molecule has 0 aromatic rings. The second kappa shape index (κ2) is 6.00. The van der Waals surface area contributed by atoms with Crippen LogP contribution in [0.25, 0.3) is 0 Å². The zero-order chi connectivity index (χ0) is 13.0. The van der Waals surface area contributed by atoms with Gasteiger partial charge in [0.15, 0.2) is 0 Å². The Kier molecular flexibility index (Phi) is 4.93. The molecule has 0 spiro atoms. The monoisotopic (exact) mass is 242 g/mol. The minimum absolute atomic E-state index is 0.0517. The molecule has 0 radical (unpaired) electrons. The molecule has 1 amide bonds. The average Bonchev–Trinajstić information content (AvgIpc) is 2.72. The summed E-state index contributed by atoms with van der Waals surface area (Å²) in [6, 6.07) is -0.514. The van der Waals surface area contributed by atoms with Gasteiger partial charge in [0, 0.05) is 6.54 Å². The summed E-state index contributed by atoms with van der Waals surface area (Å²) in [5.41, 5.74) is 5.71. The van der Waals surface area contributed by atoms with Crippen LogP contribution < -0.4 is 11.1 Å². The number of carbonyl (C=O) groups is 2. The van der Waals surface area contributed by atoms with Crippen molar-refractivity contribution in [3.05, 3.63) is 0 Å². The van der Waals surface area contributed by atoms with Gasteiger partial charge < -0.3 is 16.2 Å². The van der Waals surface area contributed by atoms with Gasteiger partial charge in [-0.1, -0.05) is 20.3 Å².